The van der Waals surface area contributed by atoms with Gasteiger partial charge >= 0.3 is 0 Å². The fourth-order valence-electron chi connectivity index (χ4n) is 7.26. The number of carbonyl (C=O) groups excluding carboxylic acids is 2. The number of halogens is 1. The lowest BCUT2D eigenvalue weighted by Gasteiger charge is -2.62. The number of aliphatic hydroxyl groups excluding tert-OH is 2. The van der Waals surface area contributed by atoms with E-state index >= 15 is 4.39 Å². The average Bonchev–Trinajstić information content (AvgIpc) is 2.89. The summed E-state index contributed by atoms with van der Waals surface area (Å²) in [6.07, 6.45) is 5.15. The van der Waals surface area contributed by atoms with Crippen molar-refractivity contribution in [2.45, 2.75) is 63.8 Å². The molecule has 4 aliphatic carbocycles. The van der Waals surface area contributed by atoms with Gasteiger partial charge in [-0.05, 0) is 56.6 Å². The minimum Gasteiger partial charge on any atom is -0.390 e. The van der Waals surface area contributed by atoms with Gasteiger partial charge in [-0.2, -0.15) is 8.42 Å². The first-order valence-electron chi connectivity index (χ1n) is 11.1. The highest BCUT2D eigenvalue weighted by molar-refractivity contribution is 7.85. The highest BCUT2D eigenvalue weighted by atomic mass is 32.2. The van der Waals surface area contributed by atoms with E-state index < -0.39 is 62.5 Å². The Balaban J connectivity index is 0.000000555. The van der Waals surface area contributed by atoms with E-state index in [0.717, 1.165) is 0 Å². The number of hydrogen-bond donors (Lipinski definition) is 4. The Bertz CT molecular complexity index is 1010. The molecule has 0 aromatic heterocycles. The monoisotopic (exact) mass is 488 g/mol. The summed E-state index contributed by atoms with van der Waals surface area (Å²) in [6.45, 7) is 4.48. The van der Waals surface area contributed by atoms with Gasteiger partial charge in [0.15, 0.2) is 17.2 Å². The quantitative estimate of drug-likeness (QED) is 0.426. The second kappa shape index (κ2) is 8.05. The highest BCUT2D eigenvalue weighted by Crippen LogP contribution is 2.70. The summed E-state index contributed by atoms with van der Waals surface area (Å²) in [6, 6.07) is 0. The minimum atomic E-state index is -3.67. The number of ketones is 2. The van der Waals surface area contributed by atoms with E-state index in [-0.39, 0.29) is 18.1 Å². The van der Waals surface area contributed by atoms with Crippen LogP contribution in [0, 0.1) is 28.6 Å². The molecule has 0 aromatic rings. The van der Waals surface area contributed by atoms with Gasteiger partial charge in [0.25, 0.3) is 10.1 Å². The summed E-state index contributed by atoms with van der Waals surface area (Å²) in [5.74, 6) is -2.12. The van der Waals surface area contributed by atoms with Gasteiger partial charge in [0, 0.05) is 16.7 Å². The zero-order valence-corrected chi connectivity index (χ0v) is 20.1. The third kappa shape index (κ3) is 3.65. The SMILES string of the molecule is CS(=O)(=O)O.C[C@H]1C[C@H]2[C@@H]3CCC4=CC(=O)C=C[C@]4(C)[C@@]3(F)[C@@H](O)C[C@]2(C)[C@@]1(O)C(=O)CO. The molecule has 0 heterocycles. The number of Topliss-reactive ketones (excluding diaryl/α,β-unsaturated/α-hetero) is 1. The van der Waals surface area contributed by atoms with E-state index in [1.807, 2.05) is 0 Å². The van der Waals surface area contributed by atoms with Crippen LogP contribution in [0.1, 0.15) is 46.5 Å². The third-order valence-corrected chi connectivity index (χ3v) is 8.79. The van der Waals surface area contributed by atoms with Crippen molar-refractivity contribution >= 4 is 21.7 Å². The minimum absolute atomic E-state index is 0.0676. The average molecular weight is 489 g/mol. The normalized spacial score (nSPS) is 46.3. The molecule has 0 bridgehead atoms. The lowest BCUT2D eigenvalue weighted by atomic mass is 9.44. The molecule has 33 heavy (non-hydrogen) atoms. The summed E-state index contributed by atoms with van der Waals surface area (Å²) in [4.78, 5) is 24.4. The van der Waals surface area contributed by atoms with E-state index in [4.69, 9.17) is 4.55 Å². The molecule has 0 aromatic carbocycles. The van der Waals surface area contributed by atoms with Crippen molar-refractivity contribution in [1.29, 1.82) is 0 Å². The summed E-state index contributed by atoms with van der Waals surface area (Å²) in [5.41, 5.74) is -5.17. The summed E-state index contributed by atoms with van der Waals surface area (Å²) >= 11 is 0. The standard InChI is InChI=1S/C22H29FO5.CH4O3S/c1-12-8-16-15-5-4-13-9-14(25)6-7-19(13,2)21(15,23)17(26)10-20(16,3)22(12,28)18(27)11-24;1-5(2,3)4/h6-7,9,12,15-17,24,26,28H,4-5,8,10-11H2,1-3H3;1H3,(H,2,3,4)/t12-,15-,16-,17-,19-,20-,21-,22-;/m0./s1. The topological polar surface area (TPSA) is 149 Å². The molecule has 10 heteroatoms. The van der Waals surface area contributed by atoms with E-state index in [9.17, 15) is 33.3 Å². The molecule has 8 nitrogen and oxygen atoms in total. The van der Waals surface area contributed by atoms with Crippen LogP contribution in [0.25, 0.3) is 0 Å². The van der Waals surface area contributed by atoms with Crippen molar-refractivity contribution in [3.8, 4) is 0 Å². The van der Waals surface area contributed by atoms with Gasteiger partial charge in [-0.1, -0.05) is 25.5 Å². The van der Waals surface area contributed by atoms with Gasteiger partial charge in [-0.25, -0.2) is 4.39 Å². The molecule has 4 N–H and O–H groups in total. The molecule has 0 saturated heterocycles. The van der Waals surface area contributed by atoms with Gasteiger partial charge < -0.3 is 15.3 Å². The predicted octanol–water partition coefficient (Wildman–Crippen LogP) is 1.40. The Hall–Kier alpha value is -1.46. The van der Waals surface area contributed by atoms with Crippen LogP contribution in [0.5, 0.6) is 0 Å². The van der Waals surface area contributed by atoms with Crippen LogP contribution in [-0.2, 0) is 19.7 Å². The molecule has 0 radical (unpaired) electrons. The van der Waals surface area contributed by atoms with Crippen LogP contribution in [0.2, 0.25) is 0 Å². The van der Waals surface area contributed by atoms with E-state index in [1.165, 1.54) is 12.2 Å². The van der Waals surface area contributed by atoms with Crippen LogP contribution in [0.15, 0.2) is 23.8 Å². The molecule has 8 atom stereocenters. The molecule has 0 spiro atoms. The van der Waals surface area contributed by atoms with Crippen LogP contribution in [-0.4, -0.2) is 70.1 Å². The van der Waals surface area contributed by atoms with E-state index in [0.29, 0.717) is 31.1 Å². The second-order valence-electron chi connectivity index (χ2n) is 10.5. The van der Waals surface area contributed by atoms with Crippen LogP contribution < -0.4 is 0 Å². The number of hydrogen-bond acceptors (Lipinski definition) is 7. The molecular formula is C23H33FO8S. The van der Waals surface area contributed by atoms with Gasteiger partial charge in [0.2, 0.25) is 0 Å². The molecule has 3 fully saturated rings. The highest BCUT2D eigenvalue weighted by Gasteiger charge is 2.75. The Morgan fingerprint density at radius 1 is 1.27 bits per heavy atom. The first-order valence-corrected chi connectivity index (χ1v) is 12.9. The lowest BCUT2D eigenvalue weighted by molar-refractivity contribution is -0.219. The molecule has 186 valence electrons. The molecule has 4 rings (SSSR count). The number of rotatable bonds is 2. The zero-order chi connectivity index (χ0) is 25.2. The summed E-state index contributed by atoms with van der Waals surface area (Å²) in [7, 11) is -3.67. The molecule has 3 saturated carbocycles. The van der Waals surface area contributed by atoms with Crippen molar-refractivity contribution in [2.24, 2.45) is 28.6 Å². The number of carbonyl (C=O) groups is 2. The number of alkyl halides is 1. The lowest BCUT2D eigenvalue weighted by Crippen LogP contribution is -2.69. The Morgan fingerprint density at radius 2 is 1.85 bits per heavy atom. The molecular weight excluding hydrogens is 455 g/mol. The van der Waals surface area contributed by atoms with Crippen molar-refractivity contribution < 1.29 is 42.3 Å². The van der Waals surface area contributed by atoms with E-state index in [2.05, 4.69) is 0 Å². The van der Waals surface area contributed by atoms with Crippen LogP contribution in [0.3, 0.4) is 0 Å². The molecule has 0 unspecified atom stereocenters. The van der Waals surface area contributed by atoms with Gasteiger partial charge in [0.05, 0.1) is 12.4 Å². The molecule has 4 aliphatic rings. The second-order valence-corrected chi connectivity index (χ2v) is 11.9. The van der Waals surface area contributed by atoms with Crippen molar-refractivity contribution in [2.75, 3.05) is 12.9 Å². The fraction of sp³-hybridized carbons (Fsp3) is 0.739. The Labute approximate surface area is 193 Å². The van der Waals surface area contributed by atoms with Gasteiger partial charge in [-0.3, -0.25) is 14.1 Å². The van der Waals surface area contributed by atoms with Crippen molar-refractivity contribution in [1.82, 2.24) is 0 Å². The third-order valence-electron chi connectivity index (χ3n) is 8.79. The van der Waals surface area contributed by atoms with Crippen molar-refractivity contribution in [3.63, 3.8) is 0 Å². The summed E-state index contributed by atoms with van der Waals surface area (Å²) < 4.78 is 42.7. The van der Waals surface area contributed by atoms with Crippen molar-refractivity contribution in [3.05, 3.63) is 23.8 Å². The van der Waals surface area contributed by atoms with Gasteiger partial charge in [0.1, 0.15) is 12.2 Å². The summed E-state index contributed by atoms with van der Waals surface area (Å²) in [5, 5.41) is 32.0. The fourth-order valence-corrected chi connectivity index (χ4v) is 7.26. The smallest absolute Gasteiger partial charge is 0.261 e. The molecule has 0 amide bonds. The van der Waals surface area contributed by atoms with E-state index in [1.54, 1.807) is 26.8 Å². The van der Waals surface area contributed by atoms with Gasteiger partial charge in [-0.15, -0.1) is 0 Å². The maximum Gasteiger partial charge on any atom is 0.261 e. The van der Waals surface area contributed by atoms with Crippen LogP contribution in [0.4, 0.5) is 4.39 Å². The predicted molar refractivity (Wildman–Crippen MR) is 117 cm³/mol. The first-order chi connectivity index (χ1) is 15.0. The Morgan fingerprint density at radius 3 is 2.39 bits per heavy atom. The Kier molecular flexibility index (Phi) is 6.38. The largest absolute Gasteiger partial charge is 0.390 e. The maximum absolute atomic E-state index is 16.9. The maximum atomic E-state index is 16.9. The number of allylic oxidation sites excluding steroid dienone is 4. The number of fused-ring (bicyclic) bond motifs is 5. The number of aliphatic hydroxyl groups is 3. The first kappa shape index (κ1) is 26.2. The zero-order valence-electron chi connectivity index (χ0n) is 19.3. The molecule has 0 aliphatic heterocycles. The van der Waals surface area contributed by atoms with Crippen LogP contribution >= 0.6 is 0 Å².